The molecule has 0 saturated heterocycles. The maximum Gasteiger partial charge on any atom is 0.0862 e. The number of nitrogens with zero attached hydrogens (tertiary/aromatic N) is 4. The molecule has 0 aromatic rings. The highest BCUT2D eigenvalue weighted by molar-refractivity contribution is 5.65. The Morgan fingerprint density at radius 2 is 2.29 bits per heavy atom. The van der Waals surface area contributed by atoms with Gasteiger partial charge in [0.2, 0.25) is 0 Å². The molecule has 88 valence electrons. The maximum absolute atomic E-state index is 8.98. The summed E-state index contributed by atoms with van der Waals surface area (Å²) >= 11 is 0. The SMILES string of the molecule is N#CC1CC[C@H]2C(C1)N=CN2[C@H]1C=CN=CC1. The zero-order valence-corrected chi connectivity index (χ0v) is 9.74. The summed E-state index contributed by atoms with van der Waals surface area (Å²) in [4.78, 5) is 11.1. The lowest BCUT2D eigenvalue weighted by Crippen LogP contribution is -2.45. The Morgan fingerprint density at radius 3 is 3.06 bits per heavy atom. The minimum absolute atomic E-state index is 0.205. The van der Waals surface area contributed by atoms with Crippen LogP contribution in [0.1, 0.15) is 25.7 Å². The highest BCUT2D eigenvalue weighted by Crippen LogP contribution is 2.33. The van der Waals surface area contributed by atoms with Gasteiger partial charge in [-0.25, -0.2) is 0 Å². The van der Waals surface area contributed by atoms with Gasteiger partial charge in [0.05, 0.1) is 30.5 Å². The minimum Gasteiger partial charge on any atom is -0.351 e. The summed E-state index contributed by atoms with van der Waals surface area (Å²) in [7, 11) is 0. The Bertz CT molecular complexity index is 418. The topological polar surface area (TPSA) is 51.8 Å². The summed E-state index contributed by atoms with van der Waals surface area (Å²) in [5.41, 5.74) is 0. The van der Waals surface area contributed by atoms with Crippen LogP contribution >= 0.6 is 0 Å². The van der Waals surface area contributed by atoms with E-state index in [1.807, 2.05) is 18.8 Å². The zero-order chi connectivity index (χ0) is 11.7. The van der Waals surface area contributed by atoms with Gasteiger partial charge < -0.3 is 4.90 Å². The maximum atomic E-state index is 8.98. The van der Waals surface area contributed by atoms with Crippen molar-refractivity contribution >= 4 is 12.6 Å². The van der Waals surface area contributed by atoms with Crippen LogP contribution in [0.4, 0.5) is 0 Å². The van der Waals surface area contributed by atoms with Gasteiger partial charge >= 0.3 is 0 Å². The number of nitriles is 1. The normalized spacial score (nSPS) is 39.1. The third-order valence-corrected chi connectivity index (χ3v) is 3.97. The van der Waals surface area contributed by atoms with E-state index in [-0.39, 0.29) is 5.92 Å². The average molecular weight is 228 g/mol. The fourth-order valence-corrected chi connectivity index (χ4v) is 3.01. The quantitative estimate of drug-likeness (QED) is 0.686. The van der Waals surface area contributed by atoms with Crippen LogP contribution in [0, 0.1) is 17.2 Å². The van der Waals surface area contributed by atoms with Crippen molar-refractivity contribution in [2.75, 3.05) is 0 Å². The Balaban J connectivity index is 1.70. The van der Waals surface area contributed by atoms with Crippen LogP contribution in [0.25, 0.3) is 0 Å². The van der Waals surface area contributed by atoms with Gasteiger partial charge in [-0.05, 0) is 25.3 Å². The number of fused-ring (bicyclic) bond motifs is 1. The van der Waals surface area contributed by atoms with E-state index in [1.54, 1.807) is 0 Å². The van der Waals surface area contributed by atoms with Crippen molar-refractivity contribution in [1.29, 1.82) is 5.26 Å². The second-order valence-electron chi connectivity index (χ2n) is 4.96. The number of hydrogen-bond donors (Lipinski definition) is 0. The van der Waals surface area contributed by atoms with Crippen LogP contribution in [-0.2, 0) is 0 Å². The summed E-state index contributed by atoms with van der Waals surface area (Å²) < 4.78 is 0. The molecule has 0 amide bonds. The highest BCUT2D eigenvalue weighted by Gasteiger charge is 2.38. The van der Waals surface area contributed by atoms with Crippen LogP contribution < -0.4 is 0 Å². The standard InChI is InChI=1S/C13H16N4/c14-8-10-1-2-13-12(7-10)16-9-17(13)11-3-5-15-6-4-11/h3,5-6,9-13H,1-2,4,7H2/t10?,11-,12?,13-/m0/s1. The van der Waals surface area contributed by atoms with Crippen molar-refractivity contribution in [3.05, 3.63) is 12.3 Å². The lowest BCUT2D eigenvalue weighted by atomic mass is 9.83. The molecule has 2 unspecified atom stereocenters. The molecule has 4 heteroatoms. The molecule has 2 heterocycles. The van der Waals surface area contributed by atoms with E-state index in [2.05, 4.69) is 27.0 Å². The molecule has 4 nitrogen and oxygen atoms in total. The van der Waals surface area contributed by atoms with Crippen molar-refractivity contribution in [1.82, 2.24) is 4.90 Å². The van der Waals surface area contributed by atoms with Crippen LogP contribution in [0.2, 0.25) is 0 Å². The Hall–Kier alpha value is -1.63. The van der Waals surface area contributed by atoms with Crippen LogP contribution in [0.3, 0.4) is 0 Å². The predicted octanol–water partition coefficient (Wildman–Crippen LogP) is 1.75. The minimum atomic E-state index is 0.205. The first-order valence-electron chi connectivity index (χ1n) is 6.27. The molecule has 0 spiro atoms. The fraction of sp³-hybridized carbons (Fsp3) is 0.615. The van der Waals surface area contributed by atoms with E-state index in [1.165, 1.54) is 0 Å². The Labute approximate surface area is 101 Å². The Morgan fingerprint density at radius 1 is 1.35 bits per heavy atom. The monoisotopic (exact) mass is 228 g/mol. The molecular formula is C13H16N4. The molecule has 1 saturated carbocycles. The molecule has 3 rings (SSSR count). The number of rotatable bonds is 1. The van der Waals surface area contributed by atoms with Crippen LogP contribution in [0.15, 0.2) is 22.3 Å². The van der Waals surface area contributed by atoms with E-state index in [0.29, 0.717) is 18.1 Å². The van der Waals surface area contributed by atoms with Gasteiger partial charge in [0, 0.05) is 24.8 Å². The molecule has 0 radical (unpaired) electrons. The average Bonchev–Trinajstić information content (AvgIpc) is 2.82. The number of aliphatic imine (C=N–C) groups is 2. The Kier molecular flexibility index (Phi) is 2.68. The van der Waals surface area contributed by atoms with E-state index in [9.17, 15) is 0 Å². The van der Waals surface area contributed by atoms with Gasteiger partial charge in [0.1, 0.15) is 0 Å². The summed E-state index contributed by atoms with van der Waals surface area (Å²) in [6.07, 6.45) is 12.0. The van der Waals surface area contributed by atoms with Crippen LogP contribution in [-0.4, -0.2) is 35.6 Å². The molecule has 0 aromatic heterocycles. The number of hydrogen-bond acceptors (Lipinski definition) is 4. The van der Waals surface area contributed by atoms with Gasteiger partial charge in [-0.15, -0.1) is 0 Å². The molecular weight excluding hydrogens is 212 g/mol. The molecule has 0 bridgehead atoms. The lowest BCUT2D eigenvalue weighted by Gasteiger charge is -2.36. The summed E-state index contributed by atoms with van der Waals surface area (Å²) in [6.45, 7) is 0. The first-order valence-corrected chi connectivity index (χ1v) is 6.27. The predicted molar refractivity (Wildman–Crippen MR) is 66.9 cm³/mol. The smallest absolute Gasteiger partial charge is 0.0862 e. The summed E-state index contributed by atoms with van der Waals surface area (Å²) in [6, 6.07) is 3.63. The van der Waals surface area contributed by atoms with Crippen molar-refractivity contribution in [3.8, 4) is 6.07 Å². The third kappa shape index (κ3) is 1.86. The third-order valence-electron chi connectivity index (χ3n) is 3.97. The zero-order valence-electron chi connectivity index (χ0n) is 9.74. The second-order valence-corrected chi connectivity index (χ2v) is 4.96. The van der Waals surface area contributed by atoms with Crippen molar-refractivity contribution in [2.24, 2.45) is 15.9 Å². The van der Waals surface area contributed by atoms with Crippen LogP contribution in [0.5, 0.6) is 0 Å². The van der Waals surface area contributed by atoms with E-state index in [0.717, 1.165) is 25.7 Å². The van der Waals surface area contributed by atoms with Crippen molar-refractivity contribution < 1.29 is 0 Å². The highest BCUT2D eigenvalue weighted by atomic mass is 15.3. The molecule has 4 atom stereocenters. The summed E-state index contributed by atoms with van der Waals surface area (Å²) in [5.74, 6) is 0.205. The lowest BCUT2D eigenvalue weighted by molar-refractivity contribution is 0.206. The molecule has 0 aromatic carbocycles. The molecule has 0 N–H and O–H groups in total. The molecule has 17 heavy (non-hydrogen) atoms. The first kappa shape index (κ1) is 10.5. The van der Waals surface area contributed by atoms with Gasteiger partial charge in [0.15, 0.2) is 0 Å². The molecule has 1 aliphatic carbocycles. The van der Waals surface area contributed by atoms with Crippen molar-refractivity contribution in [2.45, 2.75) is 43.8 Å². The van der Waals surface area contributed by atoms with Gasteiger partial charge in [-0.1, -0.05) is 0 Å². The van der Waals surface area contributed by atoms with Crippen molar-refractivity contribution in [3.63, 3.8) is 0 Å². The van der Waals surface area contributed by atoms with E-state index in [4.69, 9.17) is 5.26 Å². The fourth-order valence-electron chi connectivity index (χ4n) is 3.01. The largest absolute Gasteiger partial charge is 0.351 e. The second kappa shape index (κ2) is 4.33. The van der Waals surface area contributed by atoms with E-state index >= 15 is 0 Å². The van der Waals surface area contributed by atoms with Gasteiger partial charge in [0.25, 0.3) is 0 Å². The van der Waals surface area contributed by atoms with Gasteiger partial charge in [-0.2, -0.15) is 5.26 Å². The molecule has 1 fully saturated rings. The first-order chi connectivity index (χ1) is 8.38. The van der Waals surface area contributed by atoms with Gasteiger partial charge in [-0.3, -0.25) is 9.98 Å². The van der Waals surface area contributed by atoms with E-state index < -0.39 is 0 Å². The summed E-state index contributed by atoms with van der Waals surface area (Å²) in [5, 5.41) is 8.98. The molecule has 3 aliphatic rings. The molecule has 2 aliphatic heterocycles.